The maximum absolute atomic E-state index is 5.81. The highest BCUT2D eigenvalue weighted by molar-refractivity contribution is 5.23. The van der Waals surface area contributed by atoms with Gasteiger partial charge in [0.2, 0.25) is 11.8 Å². The van der Waals surface area contributed by atoms with E-state index in [1.807, 2.05) is 37.4 Å². The minimum absolute atomic E-state index is 0.0650. The van der Waals surface area contributed by atoms with Gasteiger partial charge < -0.3 is 14.5 Å². The fraction of sp³-hybridized carbons (Fsp3) is 0.429. The molecule has 5 nitrogen and oxygen atoms in total. The van der Waals surface area contributed by atoms with E-state index >= 15 is 0 Å². The molecule has 1 N–H and O–H groups in total. The Morgan fingerprint density at radius 1 is 1.26 bits per heavy atom. The first kappa shape index (κ1) is 12.3. The predicted octanol–water partition coefficient (Wildman–Crippen LogP) is 1.88. The molecule has 0 aliphatic carbocycles. The average molecular weight is 259 g/mol. The summed E-state index contributed by atoms with van der Waals surface area (Å²) < 4.78 is 11.2. The topological polar surface area (TPSA) is 60.2 Å². The molecule has 1 saturated heterocycles. The normalized spacial score (nSPS) is 20.6. The average Bonchev–Trinajstić information content (AvgIpc) is 3.11. The molecule has 19 heavy (non-hydrogen) atoms. The SMILES string of the molecule is CNC(c1ccccc1)c1nnc(C2CCOC2)o1. The molecule has 2 heterocycles. The van der Waals surface area contributed by atoms with Gasteiger partial charge in [-0.05, 0) is 19.0 Å². The molecular weight excluding hydrogens is 242 g/mol. The summed E-state index contributed by atoms with van der Waals surface area (Å²) in [6.07, 6.45) is 0.956. The molecule has 1 fully saturated rings. The first-order valence-corrected chi connectivity index (χ1v) is 6.51. The van der Waals surface area contributed by atoms with E-state index in [9.17, 15) is 0 Å². The van der Waals surface area contributed by atoms with Crippen LogP contribution < -0.4 is 5.32 Å². The van der Waals surface area contributed by atoms with E-state index in [1.165, 1.54) is 0 Å². The van der Waals surface area contributed by atoms with Gasteiger partial charge in [-0.1, -0.05) is 30.3 Å². The van der Waals surface area contributed by atoms with Crippen LogP contribution in [0.5, 0.6) is 0 Å². The molecule has 1 aliphatic rings. The van der Waals surface area contributed by atoms with Crippen molar-refractivity contribution < 1.29 is 9.15 Å². The van der Waals surface area contributed by atoms with Crippen LogP contribution in [0.4, 0.5) is 0 Å². The summed E-state index contributed by atoms with van der Waals surface area (Å²) in [4.78, 5) is 0. The molecule has 2 unspecified atom stereocenters. The van der Waals surface area contributed by atoms with E-state index in [1.54, 1.807) is 0 Å². The molecule has 100 valence electrons. The Morgan fingerprint density at radius 3 is 2.79 bits per heavy atom. The first-order chi connectivity index (χ1) is 9.38. The number of nitrogens with one attached hydrogen (secondary N) is 1. The molecule has 1 aromatic carbocycles. The largest absolute Gasteiger partial charge is 0.423 e. The van der Waals surface area contributed by atoms with Gasteiger partial charge >= 0.3 is 0 Å². The van der Waals surface area contributed by atoms with Crippen molar-refractivity contribution >= 4 is 0 Å². The lowest BCUT2D eigenvalue weighted by molar-refractivity contribution is 0.190. The first-order valence-electron chi connectivity index (χ1n) is 6.51. The van der Waals surface area contributed by atoms with Crippen molar-refractivity contribution in [1.29, 1.82) is 0 Å². The molecular formula is C14H17N3O2. The van der Waals surface area contributed by atoms with E-state index < -0.39 is 0 Å². The van der Waals surface area contributed by atoms with Gasteiger partial charge in [0.15, 0.2) is 0 Å². The second-order valence-corrected chi connectivity index (χ2v) is 4.67. The Kier molecular flexibility index (Phi) is 3.57. The highest BCUT2D eigenvalue weighted by atomic mass is 16.5. The number of aromatic nitrogens is 2. The third-order valence-electron chi connectivity index (χ3n) is 3.40. The van der Waals surface area contributed by atoms with Gasteiger partial charge in [-0.2, -0.15) is 0 Å². The molecule has 0 amide bonds. The molecule has 2 aromatic rings. The number of rotatable bonds is 4. The number of hydrogen-bond donors (Lipinski definition) is 1. The number of benzene rings is 1. The van der Waals surface area contributed by atoms with Crippen molar-refractivity contribution in [2.75, 3.05) is 20.3 Å². The second kappa shape index (κ2) is 5.50. The summed E-state index contributed by atoms with van der Waals surface area (Å²) in [6.45, 7) is 1.45. The van der Waals surface area contributed by atoms with Crippen LogP contribution in [0, 0.1) is 0 Å². The Hall–Kier alpha value is -1.72. The quantitative estimate of drug-likeness (QED) is 0.908. The molecule has 1 aliphatic heterocycles. The lowest BCUT2D eigenvalue weighted by Crippen LogP contribution is -2.17. The van der Waals surface area contributed by atoms with Gasteiger partial charge in [-0.25, -0.2) is 0 Å². The van der Waals surface area contributed by atoms with Crippen LogP contribution in [0.3, 0.4) is 0 Å². The zero-order valence-corrected chi connectivity index (χ0v) is 10.9. The summed E-state index contributed by atoms with van der Waals surface area (Å²) in [6, 6.07) is 10.0. The van der Waals surface area contributed by atoms with E-state index in [0.29, 0.717) is 18.4 Å². The molecule has 0 bridgehead atoms. The molecule has 0 spiro atoms. The molecule has 5 heteroatoms. The Bertz CT molecular complexity index is 520. The minimum Gasteiger partial charge on any atom is -0.423 e. The highest BCUT2D eigenvalue weighted by Gasteiger charge is 2.26. The van der Waals surface area contributed by atoms with Crippen molar-refractivity contribution in [1.82, 2.24) is 15.5 Å². The number of nitrogens with zero attached hydrogens (tertiary/aromatic N) is 2. The van der Waals surface area contributed by atoms with Crippen LogP contribution >= 0.6 is 0 Å². The minimum atomic E-state index is -0.0650. The standard InChI is InChI=1S/C14H17N3O2/c1-15-12(10-5-3-2-4-6-10)14-17-16-13(19-14)11-7-8-18-9-11/h2-6,11-12,15H,7-9H2,1H3. The Morgan fingerprint density at radius 2 is 2.11 bits per heavy atom. The van der Waals surface area contributed by atoms with Crippen LogP contribution in [0.2, 0.25) is 0 Å². The maximum atomic E-state index is 5.81. The zero-order chi connectivity index (χ0) is 13.1. The fourth-order valence-corrected chi connectivity index (χ4v) is 2.34. The number of ether oxygens (including phenoxy) is 1. The number of hydrogen-bond acceptors (Lipinski definition) is 5. The van der Waals surface area contributed by atoms with Crippen molar-refractivity contribution in [2.45, 2.75) is 18.4 Å². The van der Waals surface area contributed by atoms with E-state index in [4.69, 9.17) is 9.15 Å². The van der Waals surface area contributed by atoms with Crippen molar-refractivity contribution in [3.63, 3.8) is 0 Å². The van der Waals surface area contributed by atoms with E-state index in [2.05, 4.69) is 15.5 Å². The Balaban J connectivity index is 1.84. The second-order valence-electron chi connectivity index (χ2n) is 4.67. The van der Waals surface area contributed by atoms with Crippen molar-refractivity contribution in [2.24, 2.45) is 0 Å². The van der Waals surface area contributed by atoms with Crippen molar-refractivity contribution in [3.05, 3.63) is 47.7 Å². The summed E-state index contributed by atoms with van der Waals surface area (Å²) in [5.74, 6) is 1.54. The molecule has 0 saturated carbocycles. The summed E-state index contributed by atoms with van der Waals surface area (Å²) in [5.41, 5.74) is 1.11. The molecule has 0 radical (unpaired) electrons. The van der Waals surface area contributed by atoms with Gasteiger partial charge in [-0.3, -0.25) is 0 Å². The fourth-order valence-electron chi connectivity index (χ4n) is 2.34. The molecule has 2 atom stereocenters. The molecule has 3 rings (SSSR count). The monoisotopic (exact) mass is 259 g/mol. The summed E-state index contributed by atoms with van der Waals surface area (Å²) in [5, 5.41) is 11.5. The van der Waals surface area contributed by atoms with Gasteiger partial charge in [-0.15, -0.1) is 10.2 Å². The van der Waals surface area contributed by atoms with Crippen LogP contribution in [0.1, 0.15) is 35.7 Å². The van der Waals surface area contributed by atoms with Crippen molar-refractivity contribution in [3.8, 4) is 0 Å². The van der Waals surface area contributed by atoms with E-state index in [-0.39, 0.29) is 12.0 Å². The molecule has 1 aromatic heterocycles. The van der Waals surface area contributed by atoms with Crippen LogP contribution in [0.15, 0.2) is 34.7 Å². The van der Waals surface area contributed by atoms with Crippen LogP contribution in [-0.2, 0) is 4.74 Å². The van der Waals surface area contributed by atoms with Gasteiger partial charge in [0.25, 0.3) is 0 Å². The van der Waals surface area contributed by atoms with Crippen LogP contribution in [-0.4, -0.2) is 30.5 Å². The third kappa shape index (κ3) is 2.52. The smallest absolute Gasteiger partial charge is 0.237 e. The Labute approximate surface area is 112 Å². The lowest BCUT2D eigenvalue weighted by Gasteiger charge is -2.11. The summed E-state index contributed by atoms with van der Waals surface area (Å²) >= 11 is 0. The zero-order valence-electron chi connectivity index (χ0n) is 10.9. The van der Waals surface area contributed by atoms with Gasteiger partial charge in [0.05, 0.1) is 12.5 Å². The van der Waals surface area contributed by atoms with Crippen LogP contribution in [0.25, 0.3) is 0 Å². The summed E-state index contributed by atoms with van der Waals surface area (Å²) in [7, 11) is 1.89. The van der Waals surface area contributed by atoms with Gasteiger partial charge in [0, 0.05) is 6.61 Å². The van der Waals surface area contributed by atoms with Gasteiger partial charge in [0.1, 0.15) is 6.04 Å². The maximum Gasteiger partial charge on any atom is 0.237 e. The third-order valence-corrected chi connectivity index (χ3v) is 3.40. The lowest BCUT2D eigenvalue weighted by atomic mass is 10.1. The predicted molar refractivity (Wildman–Crippen MR) is 69.8 cm³/mol. The highest BCUT2D eigenvalue weighted by Crippen LogP contribution is 2.27. The van der Waals surface area contributed by atoms with E-state index in [0.717, 1.165) is 18.6 Å².